The zero-order chi connectivity index (χ0) is 17.2. The van der Waals surface area contributed by atoms with Gasteiger partial charge in [0.2, 0.25) is 10.0 Å². The Morgan fingerprint density at radius 3 is 2.58 bits per heavy atom. The summed E-state index contributed by atoms with van der Waals surface area (Å²) < 4.78 is 28.3. The van der Waals surface area contributed by atoms with Crippen molar-refractivity contribution < 1.29 is 8.42 Å². The topological polar surface area (TPSA) is 84.0 Å². The van der Waals surface area contributed by atoms with E-state index < -0.39 is 10.0 Å². The molecule has 0 radical (unpaired) electrons. The molecule has 3 rings (SSSR count). The van der Waals surface area contributed by atoms with E-state index in [0.717, 1.165) is 11.0 Å². The number of hydrogen-bond acceptors (Lipinski definition) is 3. The number of aromatic nitrogens is 2. The molecule has 0 aliphatic rings. The largest absolute Gasteiger partial charge is 0.326 e. The summed E-state index contributed by atoms with van der Waals surface area (Å²) in [6.07, 6.45) is 0. The second-order valence-corrected chi connectivity index (χ2v) is 7.56. The Hall–Kier alpha value is -2.09. The van der Waals surface area contributed by atoms with E-state index in [4.69, 9.17) is 11.6 Å². The molecule has 2 aromatic carbocycles. The number of nitrogens with zero attached hydrogens (tertiary/aromatic N) is 1. The third kappa shape index (κ3) is 3.69. The van der Waals surface area contributed by atoms with Gasteiger partial charge < -0.3 is 4.98 Å². The highest BCUT2D eigenvalue weighted by atomic mass is 35.5. The van der Waals surface area contributed by atoms with E-state index in [0.29, 0.717) is 10.6 Å². The Morgan fingerprint density at radius 2 is 1.79 bits per heavy atom. The molecule has 24 heavy (non-hydrogen) atoms. The molecule has 0 atom stereocenters. The Balaban J connectivity index is 1.68. The van der Waals surface area contributed by atoms with Crippen molar-refractivity contribution in [1.82, 2.24) is 14.3 Å². The van der Waals surface area contributed by atoms with Crippen molar-refractivity contribution in [2.75, 3.05) is 6.54 Å². The summed E-state index contributed by atoms with van der Waals surface area (Å²) in [7, 11) is -3.54. The van der Waals surface area contributed by atoms with Gasteiger partial charge in [0.25, 0.3) is 0 Å². The van der Waals surface area contributed by atoms with Crippen molar-refractivity contribution in [3.8, 4) is 0 Å². The van der Waals surface area contributed by atoms with Gasteiger partial charge in [-0.15, -0.1) is 0 Å². The molecule has 1 heterocycles. The van der Waals surface area contributed by atoms with Crippen LogP contribution in [0.4, 0.5) is 0 Å². The van der Waals surface area contributed by atoms with Crippen molar-refractivity contribution in [3.05, 3.63) is 69.6 Å². The Morgan fingerprint density at radius 1 is 1.08 bits per heavy atom. The van der Waals surface area contributed by atoms with Gasteiger partial charge in [-0.05, 0) is 23.8 Å². The molecule has 0 saturated heterocycles. The quantitative estimate of drug-likeness (QED) is 0.701. The molecule has 126 valence electrons. The first kappa shape index (κ1) is 16.8. The minimum atomic E-state index is -3.54. The number of aromatic amines is 1. The van der Waals surface area contributed by atoms with E-state index in [2.05, 4.69) is 9.71 Å². The Bertz CT molecular complexity index is 1020. The Labute approximate surface area is 144 Å². The fraction of sp³-hybridized carbons (Fsp3) is 0.188. The summed E-state index contributed by atoms with van der Waals surface area (Å²) in [5, 5.41) is 0.413. The molecule has 0 saturated carbocycles. The molecule has 6 nitrogen and oxygen atoms in total. The predicted octanol–water partition coefficient (Wildman–Crippen LogP) is 2.10. The van der Waals surface area contributed by atoms with Crippen molar-refractivity contribution in [1.29, 1.82) is 0 Å². The maximum Gasteiger partial charge on any atom is 0.326 e. The fourth-order valence-electron chi connectivity index (χ4n) is 2.51. The van der Waals surface area contributed by atoms with E-state index in [9.17, 15) is 13.2 Å². The standard InChI is InChI=1S/C16H16ClN3O3S/c17-13-6-2-1-5-12(13)11-24(22,23)18-9-10-20-15-8-4-3-7-14(15)19-16(20)21/h1-8,18H,9-11H2,(H,19,21). The minimum absolute atomic E-state index is 0.120. The number of benzene rings is 2. The number of fused-ring (bicyclic) bond motifs is 1. The van der Waals surface area contributed by atoms with Gasteiger partial charge in [-0.3, -0.25) is 4.57 Å². The smallest absolute Gasteiger partial charge is 0.306 e. The van der Waals surface area contributed by atoms with Gasteiger partial charge in [-0.25, -0.2) is 17.9 Å². The summed E-state index contributed by atoms with van der Waals surface area (Å²) in [5.74, 6) is -0.199. The summed E-state index contributed by atoms with van der Waals surface area (Å²) in [4.78, 5) is 14.7. The zero-order valence-electron chi connectivity index (χ0n) is 12.7. The molecular formula is C16H16ClN3O3S. The van der Waals surface area contributed by atoms with Crippen LogP contribution in [-0.2, 0) is 22.3 Å². The van der Waals surface area contributed by atoms with Crippen molar-refractivity contribution in [2.24, 2.45) is 0 Å². The molecule has 0 aliphatic heterocycles. The second-order valence-electron chi connectivity index (χ2n) is 5.34. The van der Waals surface area contributed by atoms with Gasteiger partial charge in [0.1, 0.15) is 0 Å². The molecule has 0 fully saturated rings. The van der Waals surface area contributed by atoms with Gasteiger partial charge in [-0.1, -0.05) is 41.9 Å². The molecule has 0 spiro atoms. The van der Waals surface area contributed by atoms with Crippen LogP contribution in [-0.4, -0.2) is 24.5 Å². The average Bonchev–Trinajstić information content (AvgIpc) is 2.85. The lowest BCUT2D eigenvalue weighted by atomic mass is 10.2. The van der Waals surface area contributed by atoms with Crippen LogP contribution in [0, 0.1) is 0 Å². The normalized spacial score (nSPS) is 11.9. The van der Waals surface area contributed by atoms with Gasteiger partial charge in [0.05, 0.1) is 16.8 Å². The lowest BCUT2D eigenvalue weighted by molar-refractivity contribution is 0.571. The molecule has 0 unspecified atom stereocenters. The zero-order valence-corrected chi connectivity index (χ0v) is 14.3. The highest BCUT2D eigenvalue weighted by Crippen LogP contribution is 2.17. The molecule has 0 aliphatic carbocycles. The maximum absolute atomic E-state index is 12.2. The minimum Gasteiger partial charge on any atom is -0.306 e. The first-order valence-corrected chi connectivity index (χ1v) is 9.37. The van der Waals surface area contributed by atoms with Gasteiger partial charge in [0, 0.05) is 18.1 Å². The Kier molecular flexibility index (Phi) is 4.75. The third-order valence-electron chi connectivity index (χ3n) is 3.64. The number of H-pyrrole nitrogens is 1. The molecule has 2 N–H and O–H groups in total. The van der Waals surface area contributed by atoms with Gasteiger partial charge in [0.15, 0.2) is 0 Å². The van der Waals surface area contributed by atoms with Crippen LogP contribution in [0.5, 0.6) is 0 Å². The average molecular weight is 366 g/mol. The number of para-hydroxylation sites is 2. The summed E-state index contributed by atoms with van der Waals surface area (Å²) in [6.45, 7) is 0.360. The van der Waals surface area contributed by atoms with Crippen LogP contribution in [0.1, 0.15) is 5.56 Å². The summed E-state index contributed by atoms with van der Waals surface area (Å²) in [5.41, 5.74) is 1.74. The van der Waals surface area contributed by atoms with Gasteiger partial charge >= 0.3 is 5.69 Å². The molecule has 0 bridgehead atoms. The summed E-state index contributed by atoms with van der Waals surface area (Å²) in [6, 6.07) is 14.1. The van der Waals surface area contributed by atoms with E-state index in [1.807, 2.05) is 18.2 Å². The molecule has 8 heteroatoms. The van der Waals surface area contributed by atoms with Crippen LogP contribution in [0.2, 0.25) is 5.02 Å². The molecule has 0 amide bonds. The van der Waals surface area contributed by atoms with Crippen LogP contribution in [0.15, 0.2) is 53.3 Å². The van der Waals surface area contributed by atoms with Crippen molar-refractivity contribution in [3.63, 3.8) is 0 Å². The second kappa shape index (κ2) is 6.80. The highest BCUT2D eigenvalue weighted by Gasteiger charge is 2.14. The number of hydrogen-bond donors (Lipinski definition) is 2. The van der Waals surface area contributed by atoms with Gasteiger partial charge in [-0.2, -0.15) is 0 Å². The lowest BCUT2D eigenvalue weighted by Gasteiger charge is -2.08. The van der Waals surface area contributed by atoms with E-state index in [-0.39, 0.29) is 24.5 Å². The predicted molar refractivity (Wildman–Crippen MR) is 94.6 cm³/mol. The number of halogens is 1. The van der Waals surface area contributed by atoms with Crippen LogP contribution < -0.4 is 10.4 Å². The first-order valence-electron chi connectivity index (χ1n) is 7.34. The number of imidazole rings is 1. The van der Waals surface area contributed by atoms with Crippen LogP contribution >= 0.6 is 11.6 Å². The lowest BCUT2D eigenvalue weighted by Crippen LogP contribution is -2.31. The molecule has 3 aromatic rings. The van der Waals surface area contributed by atoms with E-state index in [1.165, 1.54) is 4.57 Å². The molecule has 1 aromatic heterocycles. The van der Waals surface area contributed by atoms with E-state index >= 15 is 0 Å². The maximum atomic E-state index is 12.2. The van der Waals surface area contributed by atoms with Crippen molar-refractivity contribution >= 4 is 32.7 Å². The highest BCUT2D eigenvalue weighted by molar-refractivity contribution is 7.88. The van der Waals surface area contributed by atoms with E-state index in [1.54, 1.807) is 30.3 Å². The SMILES string of the molecule is O=c1[nH]c2ccccc2n1CCNS(=O)(=O)Cc1ccccc1Cl. The fourth-order valence-corrected chi connectivity index (χ4v) is 3.96. The summed E-state index contributed by atoms with van der Waals surface area (Å²) >= 11 is 5.99. The molecular weight excluding hydrogens is 350 g/mol. The van der Waals surface area contributed by atoms with Crippen molar-refractivity contribution in [2.45, 2.75) is 12.3 Å². The number of sulfonamides is 1. The van der Waals surface area contributed by atoms with Crippen LogP contribution in [0.3, 0.4) is 0 Å². The third-order valence-corrected chi connectivity index (χ3v) is 5.35. The monoisotopic (exact) mass is 365 g/mol. The first-order chi connectivity index (χ1) is 11.5. The number of nitrogens with one attached hydrogen (secondary N) is 2. The number of rotatable bonds is 6. The van der Waals surface area contributed by atoms with Crippen LogP contribution in [0.25, 0.3) is 11.0 Å².